The molecule has 0 spiro atoms. The smallest absolute Gasteiger partial charge is 0.126 e. The first-order valence-corrected chi connectivity index (χ1v) is 5.78. The SMILES string of the molecule is COCCNCC(O)c1c(Cl)cccc1OC. The molecule has 0 aliphatic heterocycles. The Morgan fingerprint density at radius 3 is 2.82 bits per heavy atom. The van der Waals surface area contributed by atoms with Crippen LogP contribution in [0, 0.1) is 0 Å². The molecule has 2 N–H and O–H groups in total. The van der Waals surface area contributed by atoms with Gasteiger partial charge in [0.15, 0.2) is 0 Å². The number of aliphatic hydroxyl groups excluding tert-OH is 1. The van der Waals surface area contributed by atoms with E-state index in [0.717, 1.165) is 0 Å². The molecule has 0 radical (unpaired) electrons. The Hall–Kier alpha value is -0.810. The third-order valence-corrected chi connectivity index (χ3v) is 2.72. The second-order valence-electron chi connectivity index (χ2n) is 3.57. The van der Waals surface area contributed by atoms with Crippen molar-refractivity contribution in [3.8, 4) is 5.75 Å². The summed E-state index contributed by atoms with van der Waals surface area (Å²) in [6.45, 7) is 1.69. The third kappa shape index (κ3) is 4.16. The lowest BCUT2D eigenvalue weighted by atomic mass is 10.1. The summed E-state index contributed by atoms with van der Waals surface area (Å²) in [6.07, 6.45) is -0.699. The quantitative estimate of drug-likeness (QED) is 0.731. The van der Waals surface area contributed by atoms with E-state index >= 15 is 0 Å². The summed E-state index contributed by atoms with van der Waals surface area (Å²) >= 11 is 6.05. The van der Waals surface area contributed by atoms with E-state index < -0.39 is 6.10 Å². The Morgan fingerprint density at radius 1 is 1.41 bits per heavy atom. The van der Waals surface area contributed by atoms with Gasteiger partial charge in [-0.3, -0.25) is 0 Å². The Bertz CT molecular complexity index is 347. The maximum atomic E-state index is 10.0. The van der Waals surface area contributed by atoms with E-state index in [4.69, 9.17) is 21.1 Å². The second kappa shape index (κ2) is 7.50. The highest BCUT2D eigenvalue weighted by Gasteiger charge is 2.16. The molecule has 0 aliphatic rings. The standard InChI is InChI=1S/C12H18ClNO3/c1-16-7-6-14-8-10(15)12-9(13)4-3-5-11(12)17-2/h3-5,10,14-15H,6-8H2,1-2H3. The fraction of sp³-hybridized carbons (Fsp3) is 0.500. The summed E-state index contributed by atoms with van der Waals surface area (Å²) in [7, 11) is 3.19. The van der Waals surface area contributed by atoms with Gasteiger partial charge in [-0.1, -0.05) is 17.7 Å². The molecule has 96 valence electrons. The van der Waals surface area contributed by atoms with Crippen LogP contribution in [0.25, 0.3) is 0 Å². The monoisotopic (exact) mass is 259 g/mol. The average Bonchev–Trinajstić information content (AvgIpc) is 2.34. The Labute approximate surface area is 106 Å². The molecule has 0 aromatic heterocycles. The van der Waals surface area contributed by atoms with Crippen LogP contribution in [-0.2, 0) is 4.74 Å². The van der Waals surface area contributed by atoms with Gasteiger partial charge in [-0.2, -0.15) is 0 Å². The van der Waals surface area contributed by atoms with Gasteiger partial charge in [0.25, 0.3) is 0 Å². The highest BCUT2D eigenvalue weighted by molar-refractivity contribution is 6.31. The highest BCUT2D eigenvalue weighted by atomic mass is 35.5. The van der Waals surface area contributed by atoms with E-state index in [1.807, 2.05) is 0 Å². The normalized spacial score (nSPS) is 12.5. The van der Waals surface area contributed by atoms with Gasteiger partial charge in [0.2, 0.25) is 0 Å². The molecule has 1 aromatic carbocycles. The first kappa shape index (κ1) is 14.3. The van der Waals surface area contributed by atoms with Crippen LogP contribution in [0.2, 0.25) is 5.02 Å². The number of benzene rings is 1. The van der Waals surface area contributed by atoms with Crippen molar-refractivity contribution in [3.05, 3.63) is 28.8 Å². The number of rotatable bonds is 7. The summed E-state index contributed by atoms with van der Waals surface area (Å²) in [6, 6.07) is 5.30. The molecule has 1 atom stereocenters. The van der Waals surface area contributed by atoms with Gasteiger partial charge in [0.05, 0.1) is 24.8 Å². The van der Waals surface area contributed by atoms with Gasteiger partial charge in [-0.05, 0) is 12.1 Å². The maximum Gasteiger partial charge on any atom is 0.126 e. The molecule has 0 amide bonds. The van der Waals surface area contributed by atoms with E-state index in [2.05, 4.69) is 5.32 Å². The number of nitrogens with one attached hydrogen (secondary N) is 1. The lowest BCUT2D eigenvalue weighted by Gasteiger charge is -2.16. The third-order valence-electron chi connectivity index (χ3n) is 2.39. The second-order valence-corrected chi connectivity index (χ2v) is 3.98. The van der Waals surface area contributed by atoms with Crippen molar-refractivity contribution < 1.29 is 14.6 Å². The molecule has 0 saturated carbocycles. The van der Waals surface area contributed by atoms with Gasteiger partial charge < -0.3 is 19.9 Å². The summed E-state index contributed by atoms with van der Waals surface area (Å²) in [5.74, 6) is 0.596. The molecule has 1 rings (SSSR count). The lowest BCUT2D eigenvalue weighted by molar-refractivity contribution is 0.159. The number of aliphatic hydroxyl groups is 1. The predicted molar refractivity (Wildman–Crippen MR) is 67.7 cm³/mol. The van der Waals surface area contributed by atoms with E-state index in [1.165, 1.54) is 0 Å². The van der Waals surface area contributed by atoms with Crippen LogP contribution in [0.5, 0.6) is 5.75 Å². The van der Waals surface area contributed by atoms with Gasteiger partial charge >= 0.3 is 0 Å². The number of hydrogen-bond donors (Lipinski definition) is 2. The van der Waals surface area contributed by atoms with Crippen molar-refractivity contribution in [2.75, 3.05) is 33.9 Å². The summed E-state index contributed by atoms with van der Waals surface area (Å²) in [5, 5.41) is 13.6. The molecule has 1 aromatic rings. The van der Waals surface area contributed by atoms with Gasteiger partial charge in [-0.25, -0.2) is 0 Å². The topological polar surface area (TPSA) is 50.7 Å². The molecule has 5 heteroatoms. The zero-order valence-corrected chi connectivity index (χ0v) is 10.8. The van der Waals surface area contributed by atoms with E-state index in [9.17, 15) is 5.11 Å². The summed E-state index contributed by atoms with van der Waals surface area (Å²) < 4.78 is 10.1. The van der Waals surface area contributed by atoms with Crippen LogP contribution < -0.4 is 10.1 Å². The van der Waals surface area contributed by atoms with Crippen molar-refractivity contribution in [2.45, 2.75) is 6.10 Å². The number of ether oxygens (including phenoxy) is 2. The van der Waals surface area contributed by atoms with Crippen LogP contribution in [0.1, 0.15) is 11.7 Å². The Kier molecular flexibility index (Phi) is 6.29. The summed E-state index contributed by atoms with van der Waals surface area (Å²) in [4.78, 5) is 0. The Balaban J connectivity index is 2.64. The zero-order valence-electron chi connectivity index (χ0n) is 10.1. The number of halogens is 1. The van der Waals surface area contributed by atoms with Crippen LogP contribution in [-0.4, -0.2) is 39.0 Å². The molecule has 4 nitrogen and oxygen atoms in total. The van der Waals surface area contributed by atoms with Crippen LogP contribution >= 0.6 is 11.6 Å². The minimum atomic E-state index is -0.699. The van der Waals surface area contributed by atoms with Gasteiger partial charge in [0, 0.05) is 25.8 Å². The first-order valence-electron chi connectivity index (χ1n) is 5.40. The molecule has 0 saturated heterocycles. The summed E-state index contributed by atoms with van der Waals surface area (Å²) in [5.41, 5.74) is 0.613. The largest absolute Gasteiger partial charge is 0.496 e. The molecule has 17 heavy (non-hydrogen) atoms. The van der Waals surface area contributed by atoms with Crippen molar-refractivity contribution in [2.24, 2.45) is 0 Å². The van der Waals surface area contributed by atoms with Crippen molar-refractivity contribution in [3.63, 3.8) is 0 Å². The Morgan fingerprint density at radius 2 is 2.18 bits per heavy atom. The number of methoxy groups -OCH3 is 2. The van der Waals surface area contributed by atoms with Gasteiger partial charge in [0.1, 0.15) is 5.75 Å². The average molecular weight is 260 g/mol. The van der Waals surface area contributed by atoms with Crippen LogP contribution in [0.15, 0.2) is 18.2 Å². The van der Waals surface area contributed by atoms with Crippen LogP contribution in [0.4, 0.5) is 0 Å². The van der Waals surface area contributed by atoms with Crippen molar-refractivity contribution >= 4 is 11.6 Å². The fourth-order valence-electron chi connectivity index (χ4n) is 1.53. The van der Waals surface area contributed by atoms with Crippen molar-refractivity contribution in [1.82, 2.24) is 5.32 Å². The molecule has 0 aliphatic carbocycles. The first-order chi connectivity index (χ1) is 8.20. The molecule has 1 unspecified atom stereocenters. The highest BCUT2D eigenvalue weighted by Crippen LogP contribution is 2.31. The molecular weight excluding hydrogens is 242 g/mol. The minimum absolute atomic E-state index is 0.406. The molecule has 0 bridgehead atoms. The fourth-order valence-corrected chi connectivity index (χ4v) is 1.83. The zero-order chi connectivity index (χ0) is 12.7. The predicted octanol–water partition coefficient (Wildman–Crippen LogP) is 1.62. The van der Waals surface area contributed by atoms with Crippen LogP contribution in [0.3, 0.4) is 0 Å². The van der Waals surface area contributed by atoms with Crippen molar-refractivity contribution in [1.29, 1.82) is 0 Å². The van der Waals surface area contributed by atoms with E-state index in [1.54, 1.807) is 32.4 Å². The van der Waals surface area contributed by atoms with E-state index in [0.29, 0.717) is 36.0 Å². The number of hydrogen-bond acceptors (Lipinski definition) is 4. The molecular formula is C12H18ClNO3. The molecule has 0 heterocycles. The van der Waals surface area contributed by atoms with Gasteiger partial charge in [-0.15, -0.1) is 0 Å². The molecule has 0 fully saturated rings. The minimum Gasteiger partial charge on any atom is -0.496 e. The van der Waals surface area contributed by atoms with E-state index in [-0.39, 0.29) is 0 Å². The lowest BCUT2D eigenvalue weighted by Crippen LogP contribution is -2.25. The maximum absolute atomic E-state index is 10.0.